The maximum absolute atomic E-state index is 13.4. The minimum absolute atomic E-state index is 0.0659. The Morgan fingerprint density at radius 2 is 2.00 bits per heavy atom. The molecular formula is C25H30ClN5O3. The van der Waals surface area contributed by atoms with Gasteiger partial charge in [0.25, 0.3) is 5.56 Å². The predicted octanol–water partition coefficient (Wildman–Crippen LogP) is 5.26. The Balaban J connectivity index is 1.54. The van der Waals surface area contributed by atoms with Gasteiger partial charge in [0.15, 0.2) is 5.82 Å². The molecule has 4 rings (SSSR count). The molecule has 2 N–H and O–H groups in total. The van der Waals surface area contributed by atoms with Crippen LogP contribution >= 0.6 is 11.6 Å². The van der Waals surface area contributed by atoms with E-state index in [4.69, 9.17) is 16.3 Å². The van der Waals surface area contributed by atoms with Crippen molar-refractivity contribution in [3.05, 3.63) is 68.1 Å². The average Bonchev–Trinajstić information content (AvgIpc) is 3.62. The number of aryl methyl sites for hydroxylation is 3. The minimum atomic E-state index is -0.532. The van der Waals surface area contributed by atoms with E-state index < -0.39 is 6.09 Å². The van der Waals surface area contributed by atoms with Crippen LogP contribution in [0.15, 0.2) is 40.5 Å². The molecule has 1 fully saturated rings. The Morgan fingerprint density at radius 3 is 2.71 bits per heavy atom. The lowest BCUT2D eigenvalue weighted by Crippen LogP contribution is -2.33. The van der Waals surface area contributed by atoms with E-state index in [-0.39, 0.29) is 35.1 Å². The highest BCUT2D eigenvalue weighted by molar-refractivity contribution is 6.29. The third kappa shape index (κ3) is 5.50. The van der Waals surface area contributed by atoms with Crippen LogP contribution in [0.25, 0.3) is 0 Å². The van der Waals surface area contributed by atoms with Crippen molar-refractivity contribution < 1.29 is 9.53 Å². The number of rotatable bonds is 7. The van der Waals surface area contributed by atoms with Crippen molar-refractivity contribution in [1.82, 2.24) is 19.9 Å². The lowest BCUT2D eigenvalue weighted by atomic mass is 10.0. The Labute approximate surface area is 204 Å². The second-order valence-electron chi connectivity index (χ2n) is 9.04. The number of anilines is 2. The molecule has 1 saturated carbocycles. The van der Waals surface area contributed by atoms with E-state index in [0.717, 1.165) is 53.9 Å². The molecule has 2 aliphatic carbocycles. The highest BCUT2D eigenvalue weighted by Crippen LogP contribution is 2.39. The van der Waals surface area contributed by atoms with Gasteiger partial charge in [-0.25, -0.2) is 9.78 Å². The van der Waals surface area contributed by atoms with Crippen molar-refractivity contribution in [1.29, 1.82) is 0 Å². The highest BCUT2D eigenvalue weighted by atomic mass is 35.5. The van der Waals surface area contributed by atoms with Crippen LogP contribution in [0.1, 0.15) is 55.6 Å². The van der Waals surface area contributed by atoms with Crippen LogP contribution in [0.5, 0.6) is 0 Å². The zero-order valence-corrected chi connectivity index (χ0v) is 20.7. The number of nitrogens with zero attached hydrogens (tertiary/aromatic N) is 3. The number of allylic oxidation sites excluding steroid dienone is 3. The van der Waals surface area contributed by atoms with E-state index >= 15 is 0 Å². The molecule has 0 saturated heterocycles. The number of nitrogens with one attached hydrogen (secondary N) is 2. The van der Waals surface area contributed by atoms with Crippen molar-refractivity contribution in [3.63, 3.8) is 0 Å². The summed E-state index contributed by atoms with van der Waals surface area (Å²) in [5, 5.41) is 6.09. The van der Waals surface area contributed by atoms with Crippen LogP contribution in [0.2, 0.25) is 5.15 Å². The Hall–Kier alpha value is -3.13. The highest BCUT2D eigenvalue weighted by Gasteiger charge is 2.35. The number of carbonyl (C=O) groups is 1. The average molecular weight is 484 g/mol. The summed E-state index contributed by atoms with van der Waals surface area (Å²) < 4.78 is 7.08. The fourth-order valence-electron chi connectivity index (χ4n) is 4.04. The molecule has 2 aromatic rings. The number of hydrogen-bond acceptors (Lipinski definition) is 6. The fraction of sp³-hybridized carbons (Fsp3) is 0.440. The Bertz CT molecular complexity index is 1230. The van der Waals surface area contributed by atoms with Crippen molar-refractivity contribution >= 4 is 29.2 Å². The number of halogens is 1. The molecule has 1 unspecified atom stereocenters. The van der Waals surface area contributed by atoms with E-state index in [0.29, 0.717) is 5.69 Å². The van der Waals surface area contributed by atoms with Crippen LogP contribution in [0.4, 0.5) is 16.3 Å². The third-order valence-corrected chi connectivity index (χ3v) is 6.57. The first kappa shape index (κ1) is 24.0. The molecule has 0 radical (unpaired) electrons. The number of ether oxygens (including phenoxy) is 1. The molecule has 2 heterocycles. The summed E-state index contributed by atoms with van der Waals surface area (Å²) in [6.07, 6.45) is 8.69. The quantitative estimate of drug-likeness (QED) is 0.557. The van der Waals surface area contributed by atoms with E-state index in [1.807, 2.05) is 45.9 Å². The summed E-state index contributed by atoms with van der Waals surface area (Å²) in [7, 11) is 0. The number of pyridine rings is 1. The standard InChI is InChI=1S/C25H30ClN5O3/c1-14-7-5-6-8-19(14)29-25(33)34-13-21(18-9-10-18)31-12-22(26)30-23(24(31)32)28-20-11-15(2)16(3)27-17(20)4/h6,8,11-12,18,21H,5,7,9-10,13H2,1-4H3,(H,28,30)(H,29,33). The van der Waals surface area contributed by atoms with Gasteiger partial charge in [-0.1, -0.05) is 17.7 Å². The van der Waals surface area contributed by atoms with Gasteiger partial charge in [0, 0.05) is 17.6 Å². The van der Waals surface area contributed by atoms with Crippen LogP contribution < -0.4 is 16.2 Å². The zero-order chi connectivity index (χ0) is 24.4. The van der Waals surface area contributed by atoms with E-state index in [1.54, 1.807) is 0 Å². The molecule has 1 amide bonds. The van der Waals surface area contributed by atoms with Crippen LogP contribution in [-0.2, 0) is 4.74 Å². The number of carbonyl (C=O) groups excluding carboxylic acids is 1. The van der Waals surface area contributed by atoms with Gasteiger partial charge in [-0.3, -0.25) is 15.1 Å². The van der Waals surface area contributed by atoms with Crippen LogP contribution in [0.3, 0.4) is 0 Å². The van der Waals surface area contributed by atoms with E-state index in [9.17, 15) is 9.59 Å². The van der Waals surface area contributed by atoms with Gasteiger partial charge >= 0.3 is 6.09 Å². The maximum atomic E-state index is 13.4. The predicted molar refractivity (Wildman–Crippen MR) is 133 cm³/mol. The molecule has 180 valence electrons. The molecule has 2 aromatic heterocycles. The first-order valence-electron chi connectivity index (χ1n) is 11.5. The monoisotopic (exact) mass is 483 g/mol. The topological polar surface area (TPSA) is 98.1 Å². The summed E-state index contributed by atoms with van der Waals surface area (Å²) in [6, 6.07) is 1.61. The molecule has 0 aromatic carbocycles. The zero-order valence-electron chi connectivity index (χ0n) is 19.9. The van der Waals surface area contributed by atoms with Gasteiger partial charge in [-0.15, -0.1) is 0 Å². The SMILES string of the molecule is CC1=C(NC(=O)OCC(C2CC2)n2cc(Cl)nc(Nc3cc(C)c(C)nc3C)c2=O)C=CCC1. The molecule has 8 nitrogen and oxygen atoms in total. The number of aromatic nitrogens is 3. The summed E-state index contributed by atoms with van der Waals surface area (Å²) in [4.78, 5) is 34.5. The van der Waals surface area contributed by atoms with Gasteiger partial charge in [0.2, 0.25) is 0 Å². The fourth-order valence-corrected chi connectivity index (χ4v) is 4.23. The molecule has 0 spiro atoms. The van der Waals surface area contributed by atoms with Crippen molar-refractivity contribution in [3.8, 4) is 0 Å². The van der Waals surface area contributed by atoms with E-state index in [1.165, 1.54) is 10.8 Å². The normalized spacial score (nSPS) is 16.4. The van der Waals surface area contributed by atoms with E-state index in [2.05, 4.69) is 20.6 Å². The minimum Gasteiger partial charge on any atom is -0.447 e. The smallest absolute Gasteiger partial charge is 0.411 e. The lowest BCUT2D eigenvalue weighted by Gasteiger charge is -2.21. The largest absolute Gasteiger partial charge is 0.447 e. The summed E-state index contributed by atoms with van der Waals surface area (Å²) in [5.41, 5.74) is 4.95. The number of amides is 1. The molecule has 2 aliphatic rings. The summed E-state index contributed by atoms with van der Waals surface area (Å²) >= 11 is 6.30. The Morgan fingerprint density at radius 1 is 1.24 bits per heavy atom. The number of alkyl carbamates (subject to hydrolysis) is 1. The van der Waals surface area contributed by atoms with Crippen LogP contribution in [0, 0.1) is 26.7 Å². The van der Waals surface area contributed by atoms with Crippen LogP contribution in [-0.4, -0.2) is 27.2 Å². The molecule has 9 heteroatoms. The van der Waals surface area contributed by atoms with Gasteiger partial charge in [0.1, 0.15) is 11.8 Å². The first-order chi connectivity index (χ1) is 16.2. The van der Waals surface area contributed by atoms with Crippen molar-refractivity contribution in [2.75, 3.05) is 11.9 Å². The second-order valence-corrected chi connectivity index (χ2v) is 9.42. The first-order valence-corrected chi connectivity index (χ1v) is 11.9. The second kappa shape index (κ2) is 10.0. The molecule has 0 aliphatic heterocycles. The van der Waals surface area contributed by atoms with Gasteiger partial charge in [-0.2, -0.15) is 0 Å². The Kier molecular flexibility index (Phi) is 7.07. The van der Waals surface area contributed by atoms with Crippen molar-refractivity contribution in [2.24, 2.45) is 5.92 Å². The summed E-state index contributed by atoms with van der Waals surface area (Å²) in [6.45, 7) is 7.83. The molecular weight excluding hydrogens is 454 g/mol. The lowest BCUT2D eigenvalue weighted by molar-refractivity contribution is 0.125. The maximum Gasteiger partial charge on any atom is 0.411 e. The third-order valence-electron chi connectivity index (χ3n) is 6.39. The number of hydrogen-bond donors (Lipinski definition) is 2. The molecule has 1 atom stereocenters. The molecule has 0 bridgehead atoms. The summed E-state index contributed by atoms with van der Waals surface area (Å²) in [5.74, 6) is 0.348. The van der Waals surface area contributed by atoms with Gasteiger partial charge in [0.05, 0.1) is 17.4 Å². The van der Waals surface area contributed by atoms with Crippen molar-refractivity contribution in [2.45, 2.75) is 59.4 Å². The van der Waals surface area contributed by atoms with Gasteiger partial charge in [-0.05, 0) is 82.6 Å². The van der Waals surface area contributed by atoms with Gasteiger partial charge < -0.3 is 14.6 Å². The molecule has 34 heavy (non-hydrogen) atoms.